The van der Waals surface area contributed by atoms with Crippen LogP contribution in [-0.4, -0.2) is 6.10 Å². The summed E-state index contributed by atoms with van der Waals surface area (Å²) in [5, 5.41) is 0. The monoisotopic (exact) mass is 232 g/mol. The largest absolute Gasteiger partial charge is 0.369 e. The van der Waals surface area contributed by atoms with E-state index in [-0.39, 0.29) is 6.10 Å². The topological polar surface area (TPSA) is 9.23 Å². The van der Waals surface area contributed by atoms with Crippen molar-refractivity contribution >= 4 is 0 Å². The Balaban J connectivity index is 2.29. The summed E-state index contributed by atoms with van der Waals surface area (Å²) in [4.78, 5) is 0. The van der Waals surface area contributed by atoms with Crippen molar-refractivity contribution in [2.24, 2.45) is 0 Å². The maximum atomic E-state index is 5.87. The number of allylic oxidation sites excluding steroid dienone is 1. The first-order valence-corrected chi connectivity index (χ1v) is 6.69. The van der Waals surface area contributed by atoms with Gasteiger partial charge in [-0.05, 0) is 18.4 Å². The number of benzene rings is 1. The van der Waals surface area contributed by atoms with Gasteiger partial charge in [0.2, 0.25) is 0 Å². The van der Waals surface area contributed by atoms with E-state index in [9.17, 15) is 0 Å². The molecule has 0 aliphatic heterocycles. The minimum Gasteiger partial charge on any atom is -0.369 e. The summed E-state index contributed by atoms with van der Waals surface area (Å²) in [6, 6.07) is 10.3. The molecule has 1 rings (SSSR count). The van der Waals surface area contributed by atoms with Gasteiger partial charge in [-0.15, -0.1) is 0 Å². The molecule has 0 saturated heterocycles. The highest BCUT2D eigenvalue weighted by Gasteiger charge is 2.01. The molecule has 0 aromatic heterocycles. The van der Waals surface area contributed by atoms with E-state index in [1.54, 1.807) is 0 Å². The lowest BCUT2D eigenvalue weighted by atomic mass is 10.2. The molecular weight excluding hydrogens is 208 g/mol. The maximum absolute atomic E-state index is 5.87. The molecule has 0 unspecified atom stereocenters. The number of unbranched alkanes of at least 4 members (excludes halogenated alkanes) is 2. The molecular formula is C16H24O. The van der Waals surface area contributed by atoms with E-state index in [2.05, 4.69) is 50.3 Å². The summed E-state index contributed by atoms with van der Waals surface area (Å²) < 4.78 is 5.87. The fourth-order valence-corrected chi connectivity index (χ4v) is 1.66. The van der Waals surface area contributed by atoms with Crippen LogP contribution in [0.25, 0.3) is 0 Å². The minimum absolute atomic E-state index is 0.257. The first-order chi connectivity index (χ1) is 8.36. The van der Waals surface area contributed by atoms with Crippen LogP contribution in [0.2, 0.25) is 0 Å². The molecule has 0 aliphatic carbocycles. The lowest BCUT2D eigenvalue weighted by molar-refractivity contribution is 0.0695. The molecule has 1 heteroatoms. The van der Waals surface area contributed by atoms with E-state index >= 15 is 0 Å². The summed E-state index contributed by atoms with van der Waals surface area (Å²) in [6.07, 6.45) is 9.45. The van der Waals surface area contributed by atoms with Crippen LogP contribution >= 0.6 is 0 Å². The van der Waals surface area contributed by atoms with Crippen LogP contribution in [0.4, 0.5) is 0 Å². The lowest BCUT2D eigenvalue weighted by Crippen LogP contribution is -2.08. The first-order valence-electron chi connectivity index (χ1n) is 6.69. The van der Waals surface area contributed by atoms with Crippen molar-refractivity contribution in [3.63, 3.8) is 0 Å². The fourth-order valence-electron chi connectivity index (χ4n) is 1.66. The molecule has 17 heavy (non-hydrogen) atoms. The second-order valence-electron chi connectivity index (χ2n) is 4.31. The Morgan fingerprint density at radius 1 is 1.18 bits per heavy atom. The van der Waals surface area contributed by atoms with E-state index < -0.39 is 0 Å². The van der Waals surface area contributed by atoms with Gasteiger partial charge in [0.05, 0.1) is 12.7 Å². The minimum atomic E-state index is 0.257. The molecule has 1 nitrogen and oxygen atoms in total. The van der Waals surface area contributed by atoms with E-state index in [0.717, 1.165) is 6.42 Å². The fraction of sp³-hybridized carbons (Fsp3) is 0.500. The van der Waals surface area contributed by atoms with Gasteiger partial charge >= 0.3 is 0 Å². The highest BCUT2D eigenvalue weighted by molar-refractivity contribution is 5.13. The highest BCUT2D eigenvalue weighted by atomic mass is 16.5. The van der Waals surface area contributed by atoms with Crippen molar-refractivity contribution in [1.29, 1.82) is 0 Å². The molecule has 0 fully saturated rings. The zero-order valence-electron chi connectivity index (χ0n) is 11.1. The summed E-state index contributed by atoms with van der Waals surface area (Å²) in [7, 11) is 0. The molecule has 0 spiro atoms. The molecule has 1 atom stereocenters. The standard InChI is InChI=1S/C16H24O/c1-3-5-6-10-13-16(4-2)17-14-15-11-8-7-9-12-15/h7-13,16H,3-6,14H2,1-2H3/b13-10+/t16-/m1/s1. The Bertz CT molecular complexity index is 303. The van der Waals surface area contributed by atoms with Crippen LogP contribution in [0, 0.1) is 0 Å². The molecule has 94 valence electrons. The second kappa shape index (κ2) is 9.00. The lowest BCUT2D eigenvalue weighted by Gasteiger charge is -2.12. The summed E-state index contributed by atoms with van der Waals surface area (Å²) in [5.74, 6) is 0. The van der Waals surface area contributed by atoms with E-state index in [4.69, 9.17) is 4.74 Å². The number of hydrogen-bond acceptors (Lipinski definition) is 1. The van der Waals surface area contributed by atoms with E-state index in [0.29, 0.717) is 6.61 Å². The third-order valence-electron chi connectivity index (χ3n) is 2.78. The van der Waals surface area contributed by atoms with Crippen molar-refractivity contribution in [3.8, 4) is 0 Å². The van der Waals surface area contributed by atoms with Crippen LogP contribution in [0.15, 0.2) is 42.5 Å². The summed E-state index contributed by atoms with van der Waals surface area (Å²) in [6.45, 7) is 5.09. The number of ether oxygens (including phenoxy) is 1. The van der Waals surface area contributed by atoms with Gasteiger partial charge in [-0.1, -0.05) is 69.2 Å². The third kappa shape index (κ3) is 6.28. The van der Waals surface area contributed by atoms with Crippen LogP contribution < -0.4 is 0 Å². The van der Waals surface area contributed by atoms with Crippen molar-refractivity contribution in [1.82, 2.24) is 0 Å². The molecule has 0 radical (unpaired) electrons. The molecule has 0 bridgehead atoms. The van der Waals surface area contributed by atoms with Crippen molar-refractivity contribution < 1.29 is 4.74 Å². The summed E-state index contributed by atoms with van der Waals surface area (Å²) >= 11 is 0. The molecule has 1 aromatic carbocycles. The molecule has 0 aliphatic rings. The Labute approximate surface area is 106 Å². The van der Waals surface area contributed by atoms with E-state index in [1.807, 2.05) is 6.07 Å². The molecule has 0 N–H and O–H groups in total. The van der Waals surface area contributed by atoms with Gasteiger partial charge in [-0.2, -0.15) is 0 Å². The number of rotatable bonds is 8. The molecule has 0 saturated carbocycles. The number of hydrogen-bond donors (Lipinski definition) is 0. The second-order valence-corrected chi connectivity index (χ2v) is 4.31. The highest BCUT2D eigenvalue weighted by Crippen LogP contribution is 2.08. The smallest absolute Gasteiger partial charge is 0.0757 e. The Hall–Kier alpha value is -1.08. The van der Waals surface area contributed by atoms with Gasteiger partial charge in [-0.3, -0.25) is 0 Å². The van der Waals surface area contributed by atoms with Gasteiger partial charge in [0.15, 0.2) is 0 Å². The predicted octanol–water partition coefficient (Wildman–Crippen LogP) is 4.73. The SMILES string of the molecule is CCCC/C=C/[C@@H](CC)OCc1ccccc1. The summed E-state index contributed by atoms with van der Waals surface area (Å²) in [5.41, 5.74) is 1.24. The van der Waals surface area contributed by atoms with Gasteiger partial charge in [0.25, 0.3) is 0 Å². The Kier molecular flexibility index (Phi) is 7.40. The van der Waals surface area contributed by atoms with Gasteiger partial charge in [0, 0.05) is 0 Å². The van der Waals surface area contributed by atoms with Crippen molar-refractivity contribution in [2.75, 3.05) is 0 Å². The zero-order chi connectivity index (χ0) is 12.3. The zero-order valence-corrected chi connectivity index (χ0v) is 11.1. The molecule has 0 heterocycles. The van der Waals surface area contributed by atoms with E-state index in [1.165, 1.54) is 24.8 Å². The predicted molar refractivity (Wildman–Crippen MR) is 74.0 cm³/mol. The van der Waals surface area contributed by atoms with Crippen LogP contribution in [0.3, 0.4) is 0 Å². The van der Waals surface area contributed by atoms with Crippen LogP contribution in [0.1, 0.15) is 45.1 Å². The van der Waals surface area contributed by atoms with Crippen molar-refractivity contribution in [2.45, 2.75) is 52.2 Å². The van der Waals surface area contributed by atoms with Gasteiger partial charge in [0.1, 0.15) is 0 Å². The average Bonchev–Trinajstić information content (AvgIpc) is 2.39. The van der Waals surface area contributed by atoms with Gasteiger partial charge < -0.3 is 4.74 Å². The molecule has 0 amide bonds. The van der Waals surface area contributed by atoms with Crippen LogP contribution in [-0.2, 0) is 11.3 Å². The normalized spacial score (nSPS) is 13.1. The quantitative estimate of drug-likeness (QED) is 0.465. The Morgan fingerprint density at radius 2 is 1.94 bits per heavy atom. The van der Waals surface area contributed by atoms with Crippen molar-refractivity contribution in [3.05, 3.63) is 48.0 Å². The third-order valence-corrected chi connectivity index (χ3v) is 2.78. The molecule has 1 aromatic rings. The van der Waals surface area contributed by atoms with Crippen LogP contribution in [0.5, 0.6) is 0 Å². The average molecular weight is 232 g/mol. The van der Waals surface area contributed by atoms with Gasteiger partial charge in [-0.25, -0.2) is 0 Å². The first kappa shape index (κ1) is 14.0. The maximum Gasteiger partial charge on any atom is 0.0757 e. The Morgan fingerprint density at radius 3 is 2.59 bits per heavy atom.